The molecule has 186 valence electrons. The van der Waals surface area contributed by atoms with Crippen molar-refractivity contribution < 1.29 is 33.3 Å². The predicted octanol–water partition coefficient (Wildman–Crippen LogP) is 5.32. The number of carboxylic acids is 1. The topological polar surface area (TPSA) is 85.3 Å². The fraction of sp³-hybridized carbons (Fsp3) is 0.462. The normalized spacial score (nSPS) is 11.6. The van der Waals surface area contributed by atoms with Crippen molar-refractivity contribution in [2.45, 2.75) is 52.1 Å². The van der Waals surface area contributed by atoms with Crippen LogP contribution in [0.2, 0.25) is 0 Å². The van der Waals surface area contributed by atoms with Gasteiger partial charge in [0.05, 0.1) is 6.54 Å². The molecule has 1 unspecified atom stereocenters. The van der Waals surface area contributed by atoms with Gasteiger partial charge in [0, 0.05) is 25.6 Å². The van der Waals surface area contributed by atoms with Gasteiger partial charge in [-0.2, -0.15) is 0 Å². The van der Waals surface area contributed by atoms with Gasteiger partial charge in [0.25, 0.3) is 0 Å². The Kier molecular flexibility index (Phi) is 11.9. The SMILES string of the molecule is CCCCCCN(CCOc1ccc(CC(OCC)C(=O)O)cc1)C(=O)Oc1cccc(F)c1. The molecule has 0 fully saturated rings. The Balaban J connectivity index is 1.90. The Morgan fingerprint density at radius 2 is 1.76 bits per heavy atom. The summed E-state index contributed by atoms with van der Waals surface area (Å²) in [5.41, 5.74) is 0.824. The minimum atomic E-state index is -0.994. The number of amides is 1. The number of rotatable bonds is 15. The van der Waals surface area contributed by atoms with Gasteiger partial charge < -0.3 is 24.2 Å². The summed E-state index contributed by atoms with van der Waals surface area (Å²) in [5.74, 6) is -0.697. The molecule has 0 radical (unpaired) electrons. The van der Waals surface area contributed by atoms with Gasteiger partial charge in [0.1, 0.15) is 23.9 Å². The molecule has 0 aliphatic carbocycles. The minimum absolute atomic E-state index is 0.159. The van der Waals surface area contributed by atoms with Crippen molar-refractivity contribution in [3.8, 4) is 11.5 Å². The molecule has 0 saturated heterocycles. The molecule has 0 spiro atoms. The van der Waals surface area contributed by atoms with E-state index in [-0.39, 0.29) is 18.8 Å². The van der Waals surface area contributed by atoms with Gasteiger partial charge in [-0.1, -0.05) is 44.4 Å². The van der Waals surface area contributed by atoms with Crippen LogP contribution in [0, 0.1) is 5.82 Å². The van der Waals surface area contributed by atoms with Crippen LogP contribution in [0.4, 0.5) is 9.18 Å². The van der Waals surface area contributed by atoms with Gasteiger partial charge in [0.2, 0.25) is 0 Å². The molecule has 1 N–H and O–H groups in total. The van der Waals surface area contributed by atoms with E-state index in [0.29, 0.717) is 25.4 Å². The molecule has 0 bridgehead atoms. The number of benzene rings is 2. The van der Waals surface area contributed by atoms with Crippen molar-refractivity contribution in [2.75, 3.05) is 26.3 Å². The number of carboxylic acid groups (broad SMARTS) is 1. The molecule has 7 nitrogen and oxygen atoms in total. The molecule has 0 saturated carbocycles. The summed E-state index contributed by atoms with van der Waals surface area (Å²) in [6.45, 7) is 5.29. The lowest BCUT2D eigenvalue weighted by Crippen LogP contribution is -2.37. The second-order valence-corrected chi connectivity index (χ2v) is 7.85. The van der Waals surface area contributed by atoms with Crippen molar-refractivity contribution in [2.24, 2.45) is 0 Å². The summed E-state index contributed by atoms with van der Waals surface area (Å²) in [4.78, 5) is 25.5. The van der Waals surface area contributed by atoms with E-state index in [9.17, 15) is 19.1 Å². The summed E-state index contributed by atoms with van der Waals surface area (Å²) in [7, 11) is 0. The first-order valence-electron chi connectivity index (χ1n) is 11.7. The van der Waals surface area contributed by atoms with Crippen LogP contribution in [-0.2, 0) is 16.0 Å². The highest BCUT2D eigenvalue weighted by atomic mass is 19.1. The van der Waals surface area contributed by atoms with Crippen molar-refractivity contribution in [3.63, 3.8) is 0 Å². The molecular weight excluding hydrogens is 441 g/mol. The average molecular weight is 476 g/mol. The maximum Gasteiger partial charge on any atom is 0.415 e. The molecule has 8 heteroatoms. The van der Waals surface area contributed by atoms with Gasteiger partial charge in [-0.25, -0.2) is 14.0 Å². The van der Waals surface area contributed by atoms with Crippen LogP contribution in [0.3, 0.4) is 0 Å². The maximum atomic E-state index is 13.4. The number of nitrogens with zero attached hydrogens (tertiary/aromatic N) is 1. The van der Waals surface area contributed by atoms with Crippen molar-refractivity contribution >= 4 is 12.1 Å². The lowest BCUT2D eigenvalue weighted by Gasteiger charge is -2.22. The molecule has 1 amide bonds. The molecule has 0 aliphatic rings. The first kappa shape index (κ1) is 27.1. The molecule has 0 aromatic heterocycles. The molecular formula is C26H34FNO6. The quantitative estimate of drug-likeness (QED) is 0.351. The molecule has 2 aromatic carbocycles. The first-order valence-corrected chi connectivity index (χ1v) is 11.7. The smallest absolute Gasteiger partial charge is 0.415 e. The molecule has 34 heavy (non-hydrogen) atoms. The number of unbranched alkanes of at least 4 members (excludes halogenated alkanes) is 3. The monoisotopic (exact) mass is 475 g/mol. The fourth-order valence-corrected chi connectivity index (χ4v) is 3.35. The number of ether oxygens (including phenoxy) is 3. The van der Waals surface area contributed by atoms with Crippen LogP contribution in [0.25, 0.3) is 0 Å². The zero-order chi connectivity index (χ0) is 24.8. The second kappa shape index (κ2) is 14.9. The predicted molar refractivity (Wildman–Crippen MR) is 127 cm³/mol. The third-order valence-electron chi connectivity index (χ3n) is 5.16. The van der Waals surface area contributed by atoms with E-state index in [0.717, 1.165) is 31.2 Å². The molecule has 0 aliphatic heterocycles. The third-order valence-corrected chi connectivity index (χ3v) is 5.16. The van der Waals surface area contributed by atoms with Crippen LogP contribution >= 0.6 is 0 Å². The number of carbonyl (C=O) groups is 2. The fourth-order valence-electron chi connectivity index (χ4n) is 3.35. The van der Waals surface area contributed by atoms with Crippen LogP contribution in [0.5, 0.6) is 11.5 Å². The Bertz CT molecular complexity index is 889. The Morgan fingerprint density at radius 1 is 1.00 bits per heavy atom. The average Bonchev–Trinajstić information content (AvgIpc) is 2.81. The zero-order valence-corrected chi connectivity index (χ0v) is 19.9. The van der Waals surface area contributed by atoms with Gasteiger partial charge in [-0.05, 0) is 43.2 Å². The van der Waals surface area contributed by atoms with Crippen LogP contribution in [0.1, 0.15) is 45.1 Å². The number of hydrogen-bond donors (Lipinski definition) is 1. The van der Waals surface area contributed by atoms with Crippen molar-refractivity contribution in [1.29, 1.82) is 0 Å². The largest absolute Gasteiger partial charge is 0.492 e. The zero-order valence-electron chi connectivity index (χ0n) is 19.9. The van der Waals surface area contributed by atoms with Gasteiger partial charge in [-0.3, -0.25) is 0 Å². The van der Waals surface area contributed by atoms with Crippen molar-refractivity contribution in [1.82, 2.24) is 4.90 Å². The van der Waals surface area contributed by atoms with E-state index in [1.54, 1.807) is 36.1 Å². The van der Waals surface area contributed by atoms with Gasteiger partial charge in [-0.15, -0.1) is 0 Å². The highest BCUT2D eigenvalue weighted by Crippen LogP contribution is 2.16. The summed E-state index contributed by atoms with van der Waals surface area (Å²) >= 11 is 0. The lowest BCUT2D eigenvalue weighted by atomic mass is 10.1. The molecule has 2 aromatic rings. The standard InChI is InChI=1S/C26H34FNO6/c1-3-5-6-7-15-28(26(31)34-23-10-8-9-21(27)19-23)16-17-33-22-13-11-20(12-14-22)18-24(25(29)30)32-4-2/h8-14,19,24H,3-7,15-18H2,1-2H3,(H,29,30). The van der Waals surface area contributed by atoms with E-state index >= 15 is 0 Å². The second-order valence-electron chi connectivity index (χ2n) is 7.85. The summed E-state index contributed by atoms with van der Waals surface area (Å²) in [5, 5.41) is 9.22. The van der Waals surface area contributed by atoms with Crippen LogP contribution in [0.15, 0.2) is 48.5 Å². The minimum Gasteiger partial charge on any atom is -0.492 e. The van der Waals surface area contributed by atoms with Gasteiger partial charge >= 0.3 is 12.1 Å². The highest BCUT2D eigenvalue weighted by molar-refractivity contribution is 5.72. The highest BCUT2D eigenvalue weighted by Gasteiger charge is 2.18. The summed E-state index contributed by atoms with van der Waals surface area (Å²) in [6.07, 6.45) is 2.85. The van der Waals surface area contributed by atoms with Gasteiger partial charge in [0.15, 0.2) is 6.10 Å². The Hall–Kier alpha value is -3.13. The van der Waals surface area contributed by atoms with Crippen LogP contribution in [-0.4, -0.2) is 54.5 Å². The van der Waals surface area contributed by atoms with E-state index in [2.05, 4.69) is 6.92 Å². The first-order chi connectivity index (χ1) is 16.4. The number of carbonyl (C=O) groups excluding carboxylic acids is 1. The van der Waals surface area contributed by atoms with E-state index in [4.69, 9.17) is 14.2 Å². The van der Waals surface area contributed by atoms with E-state index in [1.807, 2.05) is 0 Å². The Labute approximate surface area is 200 Å². The molecule has 0 heterocycles. The maximum absolute atomic E-state index is 13.4. The van der Waals surface area contributed by atoms with E-state index < -0.39 is 24.0 Å². The summed E-state index contributed by atoms with van der Waals surface area (Å²) < 4.78 is 29.8. The van der Waals surface area contributed by atoms with Crippen LogP contribution < -0.4 is 9.47 Å². The molecule has 1 atom stereocenters. The number of aliphatic carboxylic acids is 1. The number of halogens is 1. The number of hydrogen-bond acceptors (Lipinski definition) is 5. The molecule has 2 rings (SSSR count). The van der Waals surface area contributed by atoms with E-state index in [1.165, 1.54) is 24.3 Å². The van der Waals surface area contributed by atoms with Crippen molar-refractivity contribution in [3.05, 3.63) is 59.9 Å². The summed E-state index contributed by atoms with van der Waals surface area (Å²) in [6, 6.07) is 12.6. The third kappa shape index (κ3) is 9.79. The lowest BCUT2D eigenvalue weighted by molar-refractivity contribution is -0.149. The Morgan fingerprint density at radius 3 is 2.41 bits per heavy atom.